The number of hydrogen-bond donors (Lipinski definition) is 3. The second-order valence-corrected chi connectivity index (χ2v) is 3.72. The van der Waals surface area contributed by atoms with Crippen LogP contribution in [0.3, 0.4) is 0 Å². The number of nitrogens with zero attached hydrogens (tertiary/aromatic N) is 1. The van der Waals surface area contributed by atoms with Crippen LogP contribution in [-0.4, -0.2) is 23.2 Å². The molecule has 17 heavy (non-hydrogen) atoms. The largest absolute Gasteiger partial charge is 0.398 e. The molecule has 0 saturated heterocycles. The third kappa shape index (κ3) is 2.29. The van der Waals surface area contributed by atoms with Crippen molar-refractivity contribution in [3.05, 3.63) is 30.2 Å². The third-order valence-electron chi connectivity index (χ3n) is 2.54. The molecule has 0 saturated carbocycles. The van der Waals surface area contributed by atoms with Gasteiger partial charge in [0.2, 0.25) is 0 Å². The average molecular weight is 235 g/mol. The highest BCUT2D eigenvalue weighted by molar-refractivity contribution is 5.99. The van der Waals surface area contributed by atoms with E-state index in [0.717, 1.165) is 0 Å². The van der Waals surface area contributed by atoms with Gasteiger partial charge in [0.1, 0.15) is 11.6 Å². The Labute approximate surface area is 98.3 Å². The molecule has 0 radical (unpaired) electrons. The highest BCUT2D eigenvalue weighted by Gasteiger charge is 2.09. The van der Waals surface area contributed by atoms with Gasteiger partial charge in [-0.15, -0.1) is 0 Å². The van der Waals surface area contributed by atoms with Crippen LogP contribution in [0.25, 0.3) is 10.8 Å². The molecule has 0 aliphatic carbocycles. The molecule has 5 heteroatoms. The number of nitrogens with one attached hydrogen (secondary N) is 1. The van der Waals surface area contributed by atoms with Crippen molar-refractivity contribution in [1.29, 1.82) is 0 Å². The molecule has 2 rings (SSSR count). The Balaban J connectivity index is 2.45. The monoisotopic (exact) mass is 235 g/mol. The van der Waals surface area contributed by atoms with Crippen molar-refractivity contribution in [2.75, 3.05) is 24.2 Å². The molecule has 0 amide bonds. The van der Waals surface area contributed by atoms with E-state index in [1.54, 1.807) is 12.3 Å². The number of anilines is 2. The Bertz CT molecular complexity index is 530. The van der Waals surface area contributed by atoms with E-state index in [4.69, 9.17) is 10.8 Å². The minimum Gasteiger partial charge on any atom is -0.398 e. The Morgan fingerprint density at radius 3 is 2.94 bits per heavy atom. The van der Waals surface area contributed by atoms with Crippen molar-refractivity contribution in [3.8, 4) is 0 Å². The number of pyridine rings is 1. The minimum absolute atomic E-state index is 0.0857. The lowest BCUT2D eigenvalue weighted by Crippen LogP contribution is -2.06. The molecule has 0 spiro atoms. The Morgan fingerprint density at radius 1 is 1.35 bits per heavy atom. The molecule has 1 aromatic carbocycles. The quantitative estimate of drug-likeness (QED) is 0.557. The van der Waals surface area contributed by atoms with Gasteiger partial charge < -0.3 is 16.2 Å². The molecule has 0 aliphatic heterocycles. The fraction of sp³-hybridized carbons (Fsp3) is 0.250. The zero-order valence-corrected chi connectivity index (χ0v) is 9.28. The van der Waals surface area contributed by atoms with E-state index < -0.39 is 0 Å². The van der Waals surface area contributed by atoms with E-state index in [-0.39, 0.29) is 12.4 Å². The molecule has 0 bridgehead atoms. The number of halogens is 1. The lowest BCUT2D eigenvalue weighted by molar-refractivity contribution is 0.292. The number of rotatable bonds is 4. The Morgan fingerprint density at radius 2 is 2.18 bits per heavy atom. The van der Waals surface area contributed by atoms with Crippen LogP contribution in [0.5, 0.6) is 0 Å². The summed E-state index contributed by atoms with van der Waals surface area (Å²) in [5, 5.41) is 12.7. The number of benzene rings is 1. The number of fused-ring (bicyclic) bond motifs is 1. The highest BCUT2D eigenvalue weighted by atomic mass is 19.1. The summed E-state index contributed by atoms with van der Waals surface area (Å²) in [6.07, 6.45) is 2.17. The van der Waals surface area contributed by atoms with Gasteiger partial charge in [0.25, 0.3) is 0 Å². The summed E-state index contributed by atoms with van der Waals surface area (Å²) >= 11 is 0. The second kappa shape index (κ2) is 4.97. The summed E-state index contributed by atoms with van der Waals surface area (Å²) in [5.74, 6) is 0.106. The number of aliphatic hydroxyl groups excluding tert-OH is 1. The number of hydrogen-bond acceptors (Lipinski definition) is 4. The lowest BCUT2D eigenvalue weighted by Gasteiger charge is -2.10. The average Bonchev–Trinajstić information content (AvgIpc) is 2.34. The van der Waals surface area contributed by atoms with E-state index in [1.807, 2.05) is 0 Å². The predicted octanol–water partition coefficient (Wildman–Crippen LogP) is 1.75. The Kier molecular flexibility index (Phi) is 3.39. The smallest absolute Gasteiger partial charge is 0.136 e. The first-order valence-corrected chi connectivity index (χ1v) is 5.41. The van der Waals surface area contributed by atoms with E-state index in [1.165, 1.54) is 12.1 Å². The van der Waals surface area contributed by atoms with Crippen molar-refractivity contribution in [3.63, 3.8) is 0 Å². The molecule has 1 aromatic heterocycles. The topological polar surface area (TPSA) is 71.2 Å². The van der Waals surface area contributed by atoms with Crippen LogP contribution in [0.2, 0.25) is 0 Å². The van der Waals surface area contributed by atoms with Crippen molar-refractivity contribution in [2.24, 2.45) is 0 Å². The molecule has 4 N–H and O–H groups in total. The van der Waals surface area contributed by atoms with E-state index in [0.29, 0.717) is 35.2 Å². The van der Waals surface area contributed by atoms with Crippen LogP contribution in [0.1, 0.15) is 6.42 Å². The van der Waals surface area contributed by atoms with Gasteiger partial charge >= 0.3 is 0 Å². The highest BCUT2D eigenvalue weighted by Crippen LogP contribution is 2.28. The van der Waals surface area contributed by atoms with E-state index in [9.17, 15) is 4.39 Å². The SMILES string of the molecule is Nc1ccc(F)c2c(NCCCO)nccc12. The van der Waals surface area contributed by atoms with Gasteiger partial charge in [-0.1, -0.05) is 0 Å². The first kappa shape index (κ1) is 11.6. The molecule has 0 atom stereocenters. The number of nitrogen functional groups attached to an aromatic ring is 1. The van der Waals surface area contributed by atoms with Gasteiger partial charge in [0.05, 0.1) is 5.39 Å². The van der Waals surface area contributed by atoms with Gasteiger partial charge in [-0.25, -0.2) is 9.37 Å². The molecule has 4 nitrogen and oxygen atoms in total. The molecule has 0 unspecified atom stereocenters. The molecular weight excluding hydrogens is 221 g/mol. The van der Waals surface area contributed by atoms with Crippen LogP contribution >= 0.6 is 0 Å². The van der Waals surface area contributed by atoms with Crippen LogP contribution in [0.15, 0.2) is 24.4 Å². The number of aromatic nitrogens is 1. The molecule has 0 aliphatic rings. The third-order valence-corrected chi connectivity index (χ3v) is 2.54. The van der Waals surface area contributed by atoms with Gasteiger partial charge in [0.15, 0.2) is 0 Å². The molecule has 2 aromatic rings. The van der Waals surface area contributed by atoms with Crippen molar-refractivity contribution in [1.82, 2.24) is 4.98 Å². The molecule has 1 heterocycles. The van der Waals surface area contributed by atoms with Crippen molar-refractivity contribution >= 4 is 22.3 Å². The number of aliphatic hydroxyl groups is 1. The second-order valence-electron chi connectivity index (χ2n) is 3.72. The zero-order valence-electron chi connectivity index (χ0n) is 9.28. The van der Waals surface area contributed by atoms with Crippen LogP contribution in [-0.2, 0) is 0 Å². The Hall–Kier alpha value is -1.88. The van der Waals surface area contributed by atoms with Crippen LogP contribution in [0, 0.1) is 5.82 Å². The standard InChI is InChI=1S/C12H14FN3O/c13-9-2-3-10(14)8-4-6-16-12(11(8)9)15-5-1-7-17/h2-4,6,17H,1,5,7,14H2,(H,15,16). The maximum absolute atomic E-state index is 13.8. The minimum atomic E-state index is -0.353. The number of nitrogens with two attached hydrogens (primary N) is 1. The maximum Gasteiger partial charge on any atom is 0.136 e. The maximum atomic E-state index is 13.8. The van der Waals surface area contributed by atoms with Gasteiger partial charge in [-0.3, -0.25) is 0 Å². The van der Waals surface area contributed by atoms with Crippen LogP contribution in [0.4, 0.5) is 15.9 Å². The molecule has 90 valence electrons. The molecular formula is C12H14FN3O. The summed E-state index contributed by atoms with van der Waals surface area (Å²) in [6, 6.07) is 4.55. The van der Waals surface area contributed by atoms with Crippen molar-refractivity contribution in [2.45, 2.75) is 6.42 Å². The fourth-order valence-electron chi connectivity index (χ4n) is 1.70. The normalized spacial score (nSPS) is 10.7. The summed E-state index contributed by atoms with van der Waals surface area (Å²) in [6.45, 7) is 0.624. The van der Waals surface area contributed by atoms with Gasteiger partial charge in [0, 0.05) is 30.4 Å². The lowest BCUT2D eigenvalue weighted by atomic mass is 10.1. The summed E-state index contributed by atoms with van der Waals surface area (Å²) in [4.78, 5) is 4.09. The predicted molar refractivity (Wildman–Crippen MR) is 66.3 cm³/mol. The van der Waals surface area contributed by atoms with Gasteiger partial charge in [-0.2, -0.15) is 0 Å². The summed E-state index contributed by atoms with van der Waals surface area (Å²) in [5.41, 5.74) is 6.31. The van der Waals surface area contributed by atoms with Gasteiger partial charge in [-0.05, 0) is 24.6 Å². The van der Waals surface area contributed by atoms with E-state index in [2.05, 4.69) is 10.3 Å². The zero-order chi connectivity index (χ0) is 12.3. The molecule has 0 fully saturated rings. The summed E-state index contributed by atoms with van der Waals surface area (Å²) in [7, 11) is 0. The van der Waals surface area contributed by atoms with E-state index >= 15 is 0 Å². The fourth-order valence-corrected chi connectivity index (χ4v) is 1.70. The first-order chi connectivity index (χ1) is 8.24. The van der Waals surface area contributed by atoms with Crippen LogP contribution < -0.4 is 11.1 Å². The summed E-state index contributed by atoms with van der Waals surface area (Å²) < 4.78 is 13.8. The van der Waals surface area contributed by atoms with Crippen molar-refractivity contribution < 1.29 is 9.50 Å². The first-order valence-electron chi connectivity index (χ1n) is 5.41.